The molecule has 0 spiro atoms. The number of hydrogen-bond acceptors (Lipinski definition) is 6. The minimum Gasteiger partial charge on any atom is -0.396 e. The van der Waals surface area contributed by atoms with E-state index in [1.165, 1.54) is 20.2 Å². The fraction of sp³-hybridized carbons (Fsp3) is 0.400. The summed E-state index contributed by atoms with van der Waals surface area (Å²) in [7, 11) is -0.668. The van der Waals surface area contributed by atoms with Gasteiger partial charge in [-0.15, -0.1) is 0 Å². The monoisotopic (exact) mass is 420 g/mol. The maximum atomic E-state index is 12.6. The summed E-state index contributed by atoms with van der Waals surface area (Å²) in [6.45, 7) is 2.85. The minimum absolute atomic E-state index is 0.0318. The van der Waals surface area contributed by atoms with Crippen LogP contribution in [0.3, 0.4) is 0 Å². The highest BCUT2D eigenvalue weighted by Crippen LogP contribution is 2.22. The molecule has 0 unspecified atom stereocenters. The van der Waals surface area contributed by atoms with E-state index in [0.29, 0.717) is 30.8 Å². The first-order chi connectivity index (χ1) is 13.7. The van der Waals surface area contributed by atoms with E-state index >= 15 is 0 Å². The Morgan fingerprint density at radius 3 is 2.59 bits per heavy atom. The average molecular weight is 421 g/mol. The zero-order valence-corrected chi connectivity index (χ0v) is 17.8. The number of anilines is 1. The number of carbonyl (C=O) groups excluding carboxylic acids is 1. The number of pyridine rings is 1. The van der Waals surface area contributed by atoms with Gasteiger partial charge in [0.05, 0.1) is 17.1 Å². The fourth-order valence-corrected chi connectivity index (χ4v) is 3.93. The molecule has 0 saturated heterocycles. The quantitative estimate of drug-likeness (QED) is 0.603. The van der Waals surface area contributed by atoms with Crippen molar-refractivity contribution in [1.29, 1.82) is 0 Å². The molecule has 0 aliphatic heterocycles. The molecule has 0 aliphatic rings. The zero-order valence-electron chi connectivity index (χ0n) is 17.0. The van der Waals surface area contributed by atoms with Crippen molar-refractivity contribution in [3.63, 3.8) is 0 Å². The van der Waals surface area contributed by atoms with Crippen molar-refractivity contribution < 1.29 is 18.3 Å². The first kappa shape index (κ1) is 23.0. The molecule has 9 heteroatoms. The molecule has 29 heavy (non-hydrogen) atoms. The summed E-state index contributed by atoms with van der Waals surface area (Å²) in [6, 6.07) is 10.4. The van der Waals surface area contributed by atoms with Crippen LogP contribution in [0.1, 0.15) is 17.7 Å². The van der Waals surface area contributed by atoms with Gasteiger partial charge in [0.25, 0.3) is 0 Å². The second kappa shape index (κ2) is 10.4. The number of hydrogen-bond donors (Lipinski definition) is 2. The zero-order chi connectivity index (χ0) is 21.4. The first-order valence-corrected chi connectivity index (χ1v) is 10.7. The Hall–Kier alpha value is -2.33. The Labute approximate surface area is 172 Å². The molecule has 2 aromatic rings. The third-order valence-corrected chi connectivity index (χ3v) is 6.30. The molecule has 1 aromatic heterocycles. The second-order valence-electron chi connectivity index (χ2n) is 6.92. The summed E-state index contributed by atoms with van der Waals surface area (Å²) in [6.07, 6.45) is 2.23. The van der Waals surface area contributed by atoms with Crippen LogP contribution in [0.2, 0.25) is 0 Å². The van der Waals surface area contributed by atoms with E-state index in [0.717, 1.165) is 10.00 Å². The molecule has 1 aromatic carbocycles. The van der Waals surface area contributed by atoms with Crippen LogP contribution in [0.15, 0.2) is 47.5 Å². The van der Waals surface area contributed by atoms with Gasteiger partial charge in [0.15, 0.2) is 0 Å². The predicted octanol–water partition coefficient (Wildman–Crippen LogP) is 1.46. The van der Waals surface area contributed by atoms with Crippen LogP contribution in [0, 0.1) is 6.92 Å². The van der Waals surface area contributed by atoms with Crippen LogP contribution in [0.25, 0.3) is 0 Å². The van der Waals surface area contributed by atoms with Crippen molar-refractivity contribution in [1.82, 2.24) is 14.2 Å². The lowest BCUT2D eigenvalue weighted by atomic mass is 10.2. The molecule has 0 saturated carbocycles. The molecule has 0 radical (unpaired) electrons. The molecule has 8 nitrogen and oxygen atoms in total. The topological polar surface area (TPSA) is 103 Å². The number of aromatic nitrogens is 1. The molecule has 0 aliphatic carbocycles. The standard InChI is InChI=1S/C20H28N4O4S/c1-16-8-9-17(13-19(16)29(27,28)23(2)3)22-20(26)15-24(11-6-12-25)14-18-7-4-5-10-21-18/h4-5,7-10,13,25H,6,11-12,14-15H2,1-3H3,(H,22,26). The van der Waals surface area contributed by atoms with Gasteiger partial charge in [0.1, 0.15) is 0 Å². The van der Waals surface area contributed by atoms with Crippen LogP contribution in [0.4, 0.5) is 5.69 Å². The van der Waals surface area contributed by atoms with Crippen molar-refractivity contribution in [3.8, 4) is 0 Å². The summed E-state index contributed by atoms with van der Waals surface area (Å²) in [5.41, 5.74) is 1.85. The van der Waals surface area contributed by atoms with Crippen LogP contribution in [-0.4, -0.2) is 67.4 Å². The van der Waals surface area contributed by atoms with Gasteiger partial charge in [0, 0.05) is 45.7 Å². The molecular formula is C20H28N4O4S. The first-order valence-electron chi connectivity index (χ1n) is 9.30. The normalized spacial score (nSPS) is 11.8. The van der Waals surface area contributed by atoms with Gasteiger partial charge >= 0.3 is 0 Å². The number of nitrogens with one attached hydrogen (secondary N) is 1. The van der Waals surface area contributed by atoms with Gasteiger partial charge in [-0.05, 0) is 43.2 Å². The second-order valence-corrected chi connectivity index (χ2v) is 9.05. The highest BCUT2D eigenvalue weighted by molar-refractivity contribution is 7.89. The van der Waals surface area contributed by atoms with Gasteiger partial charge < -0.3 is 10.4 Å². The van der Waals surface area contributed by atoms with Crippen LogP contribution < -0.4 is 5.32 Å². The molecule has 158 valence electrons. The van der Waals surface area contributed by atoms with E-state index < -0.39 is 10.0 Å². The van der Waals surface area contributed by atoms with Crippen molar-refractivity contribution >= 4 is 21.6 Å². The lowest BCUT2D eigenvalue weighted by molar-refractivity contribution is -0.117. The molecule has 1 amide bonds. The van der Waals surface area contributed by atoms with Gasteiger partial charge in [-0.25, -0.2) is 12.7 Å². The molecule has 2 rings (SSSR count). The maximum Gasteiger partial charge on any atom is 0.242 e. The summed E-state index contributed by atoms with van der Waals surface area (Å²) in [4.78, 5) is 18.9. The van der Waals surface area contributed by atoms with Crippen LogP contribution in [-0.2, 0) is 21.4 Å². The van der Waals surface area contributed by atoms with Crippen molar-refractivity contribution in [2.45, 2.75) is 24.8 Å². The highest BCUT2D eigenvalue weighted by atomic mass is 32.2. The number of amides is 1. The number of nitrogens with zero attached hydrogens (tertiary/aromatic N) is 3. The SMILES string of the molecule is Cc1ccc(NC(=O)CN(CCCO)Cc2ccccn2)cc1S(=O)(=O)N(C)C. The Morgan fingerprint density at radius 2 is 1.97 bits per heavy atom. The lowest BCUT2D eigenvalue weighted by Gasteiger charge is -2.21. The Bertz CT molecular complexity index is 917. The van der Waals surface area contributed by atoms with Crippen LogP contribution in [0.5, 0.6) is 0 Å². The number of benzene rings is 1. The van der Waals surface area contributed by atoms with Crippen molar-refractivity contribution in [3.05, 3.63) is 53.9 Å². The van der Waals surface area contributed by atoms with E-state index in [4.69, 9.17) is 5.11 Å². The Morgan fingerprint density at radius 1 is 1.21 bits per heavy atom. The van der Waals surface area contributed by atoms with Crippen molar-refractivity contribution in [2.24, 2.45) is 0 Å². The van der Waals surface area contributed by atoms with Gasteiger partial charge in [-0.2, -0.15) is 0 Å². The summed E-state index contributed by atoms with van der Waals surface area (Å²) in [5.74, 6) is -0.268. The highest BCUT2D eigenvalue weighted by Gasteiger charge is 2.20. The number of carbonyl (C=O) groups is 1. The Balaban J connectivity index is 2.11. The average Bonchev–Trinajstić information content (AvgIpc) is 2.68. The number of sulfonamides is 1. The number of aryl methyl sites for hydroxylation is 1. The van der Waals surface area contributed by atoms with E-state index in [9.17, 15) is 13.2 Å². The number of aliphatic hydroxyl groups excluding tert-OH is 1. The summed E-state index contributed by atoms with van der Waals surface area (Å²) < 4.78 is 26.1. The molecule has 0 fully saturated rings. The number of rotatable bonds is 10. The third-order valence-electron chi connectivity index (χ3n) is 4.34. The Kier molecular flexibility index (Phi) is 8.27. The molecule has 2 N–H and O–H groups in total. The number of aliphatic hydroxyl groups is 1. The third kappa shape index (κ3) is 6.60. The molecule has 1 heterocycles. The lowest BCUT2D eigenvalue weighted by Crippen LogP contribution is -2.34. The molecule has 0 bridgehead atoms. The van der Waals surface area contributed by atoms with Gasteiger partial charge in [-0.1, -0.05) is 12.1 Å². The fourth-order valence-electron chi connectivity index (χ4n) is 2.79. The van der Waals surface area contributed by atoms with E-state index in [1.54, 1.807) is 25.3 Å². The minimum atomic E-state index is -3.61. The van der Waals surface area contributed by atoms with E-state index in [1.807, 2.05) is 23.1 Å². The molecule has 0 atom stereocenters. The van der Waals surface area contributed by atoms with Crippen molar-refractivity contribution in [2.75, 3.05) is 39.1 Å². The molecular weight excluding hydrogens is 392 g/mol. The van der Waals surface area contributed by atoms with Crippen LogP contribution >= 0.6 is 0 Å². The predicted molar refractivity (Wildman–Crippen MR) is 112 cm³/mol. The van der Waals surface area contributed by atoms with E-state index in [-0.39, 0.29) is 24.0 Å². The summed E-state index contributed by atoms with van der Waals surface area (Å²) >= 11 is 0. The van der Waals surface area contributed by atoms with E-state index in [2.05, 4.69) is 10.3 Å². The largest absolute Gasteiger partial charge is 0.396 e. The maximum absolute atomic E-state index is 12.6. The van der Waals surface area contributed by atoms with Gasteiger partial charge in [0.2, 0.25) is 15.9 Å². The summed E-state index contributed by atoms with van der Waals surface area (Å²) in [5, 5.41) is 11.9. The van der Waals surface area contributed by atoms with Gasteiger partial charge in [-0.3, -0.25) is 14.7 Å². The smallest absolute Gasteiger partial charge is 0.242 e.